The Kier molecular flexibility index (Phi) is 4.31. The van der Waals surface area contributed by atoms with E-state index in [1.165, 1.54) is 12.4 Å². The molecule has 20 heavy (non-hydrogen) atoms. The molecule has 106 valence electrons. The topological polar surface area (TPSA) is 98.0 Å². The van der Waals surface area contributed by atoms with Crippen molar-refractivity contribution in [2.75, 3.05) is 5.73 Å². The molecule has 0 aliphatic rings. The van der Waals surface area contributed by atoms with Crippen molar-refractivity contribution in [3.8, 4) is 0 Å². The number of rotatable bonds is 5. The average Bonchev–Trinajstić information content (AvgIpc) is 2.46. The number of nitrogen functional groups attached to an aromatic ring is 1. The van der Waals surface area contributed by atoms with Crippen molar-refractivity contribution < 1.29 is 8.42 Å². The van der Waals surface area contributed by atoms with Gasteiger partial charge in [-0.2, -0.15) is 0 Å². The van der Waals surface area contributed by atoms with Gasteiger partial charge in [-0.05, 0) is 30.2 Å². The number of nitrogens with two attached hydrogens (primary N) is 1. The lowest BCUT2D eigenvalue weighted by atomic mass is 10.1. The molecule has 0 fully saturated rings. The van der Waals surface area contributed by atoms with E-state index in [0.29, 0.717) is 11.4 Å². The Balaban J connectivity index is 2.16. The van der Waals surface area contributed by atoms with Gasteiger partial charge >= 0.3 is 0 Å². The highest BCUT2D eigenvalue weighted by molar-refractivity contribution is 7.89. The Morgan fingerprint density at radius 3 is 2.70 bits per heavy atom. The van der Waals surface area contributed by atoms with E-state index in [4.69, 9.17) is 5.73 Å². The lowest BCUT2D eigenvalue weighted by Gasteiger charge is -2.09. The summed E-state index contributed by atoms with van der Waals surface area (Å²) in [7, 11) is -3.60. The zero-order chi connectivity index (χ0) is 14.6. The fraction of sp³-hybridized carbons (Fsp3) is 0.231. The molecule has 7 heteroatoms. The van der Waals surface area contributed by atoms with Gasteiger partial charge in [0.1, 0.15) is 6.33 Å². The first-order valence-corrected chi connectivity index (χ1v) is 7.64. The van der Waals surface area contributed by atoms with Crippen LogP contribution in [0.1, 0.15) is 18.2 Å². The van der Waals surface area contributed by atoms with Crippen LogP contribution in [-0.4, -0.2) is 18.4 Å². The van der Waals surface area contributed by atoms with Crippen LogP contribution < -0.4 is 10.5 Å². The summed E-state index contributed by atoms with van der Waals surface area (Å²) in [4.78, 5) is 7.89. The van der Waals surface area contributed by atoms with Crippen molar-refractivity contribution in [1.82, 2.24) is 14.7 Å². The zero-order valence-electron chi connectivity index (χ0n) is 11.1. The summed E-state index contributed by atoms with van der Waals surface area (Å²) in [5.74, 6) is 0. The van der Waals surface area contributed by atoms with E-state index in [1.807, 2.05) is 6.92 Å². The largest absolute Gasteiger partial charge is 0.398 e. The number of anilines is 1. The molecule has 1 aromatic carbocycles. The molecule has 0 aliphatic carbocycles. The monoisotopic (exact) mass is 292 g/mol. The summed E-state index contributed by atoms with van der Waals surface area (Å²) < 4.78 is 26.8. The van der Waals surface area contributed by atoms with Gasteiger partial charge in [-0.1, -0.05) is 13.0 Å². The Labute approximate surface area is 118 Å². The minimum atomic E-state index is -3.60. The Hall–Kier alpha value is -1.99. The number of aryl methyl sites for hydroxylation is 1. The minimum absolute atomic E-state index is 0.111. The first kappa shape index (κ1) is 14.4. The van der Waals surface area contributed by atoms with Gasteiger partial charge in [-0.3, -0.25) is 0 Å². The quantitative estimate of drug-likeness (QED) is 0.804. The van der Waals surface area contributed by atoms with Crippen LogP contribution in [0, 0.1) is 0 Å². The summed E-state index contributed by atoms with van der Waals surface area (Å²) in [5.41, 5.74) is 7.84. The molecule has 0 saturated carbocycles. The van der Waals surface area contributed by atoms with Gasteiger partial charge in [0.15, 0.2) is 0 Å². The van der Waals surface area contributed by atoms with E-state index in [2.05, 4.69) is 14.7 Å². The van der Waals surface area contributed by atoms with Crippen molar-refractivity contribution in [2.24, 2.45) is 0 Å². The first-order chi connectivity index (χ1) is 9.53. The summed E-state index contributed by atoms with van der Waals surface area (Å²) in [5, 5.41) is 0. The van der Waals surface area contributed by atoms with Crippen LogP contribution in [0.3, 0.4) is 0 Å². The summed E-state index contributed by atoms with van der Waals surface area (Å²) in [6.45, 7) is 2.08. The second kappa shape index (κ2) is 5.98. The highest BCUT2D eigenvalue weighted by Crippen LogP contribution is 2.18. The Morgan fingerprint density at radius 1 is 1.30 bits per heavy atom. The fourth-order valence-corrected chi connectivity index (χ4v) is 2.77. The third-order valence-corrected chi connectivity index (χ3v) is 4.29. The fourth-order valence-electron chi connectivity index (χ4n) is 1.74. The van der Waals surface area contributed by atoms with Crippen LogP contribution in [0.2, 0.25) is 0 Å². The number of hydrogen-bond acceptors (Lipinski definition) is 5. The van der Waals surface area contributed by atoms with Gasteiger partial charge in [0.2, 0.25) is 10.0 Å². The number of nitrogens with one attached hydrogen (secondary N) is 1. The molecule has 3 N–H and O–H groups in total. The predicted molar refractivity (Wildman–Crippen MR) is 76.3 cm³/mol. The number of nitrogens with zero attached hydrogens (tertiary/aromatic N) is 2. The van der Waals surface area contributed by atoms with Crippen molar-refractivity contribution in [3.63, 3.8) is 0 Å². The lowest BCUT2D eigenvalue weighted by molar-refractivity contribution is 0.580. The van der Waals surface area contributed by atoms with Crippen molar-refractivity contribution in [2.45, 2.75) is 24.8 Å². The highest BCUT2D eigenvalue weighted by Gasteiger charge is 2.15. The zero-order valence-corrected chi connectivity index (χ0v) is 11.9. The molecule has 0 atom stereocenters. The highest BCUT2D eigenvalue weighted by atomic mass is 32.2. The number of aromatic nitrogens is 2. The molecule has 2 rings (SSSR count). The number of sulfonamides is 1. The normalized spacial score (nSPS) is 11.4. The van der Waals surface area contributed by atoms with Gasteiger partial charge in [0.25, 0.3) is 0 Å². The van der Waals surface area contributed by atoms with Gasteiger partial charge in [-0.25, -0.2) is 23.1 Å². The predicted octanol–water partition coefficient (Wildman–Crippen LogP) is 1.10. The van der Waals surface area contributed by atoms with Crippen LogP contribution in [-0.2, 0) is 23.0 Å². The van der Waals surface area contributed by atoms with Crippen molar-refractivity contribution >= 4 is 15.7 Å². The molecule has 0 spiro atoms. The molecule has 0 aliphatic heterocycles. The van der Waals surface area contributed by atoms with Crippen LogP contribution in [0.25, 0.3) is 0 Å². The maximum Gasteiger partial charge on any atom is 0.240 e. The second-order valence-corrected chi connectivity index (χ2v) is 6.01. The maximum atomic E-state index is 12.1. The van der Waals surface area contributed by atoms with Crippen LogP contribution in [0.4, 0.5) is 5.69 Å². The molecule has 0 bridgehead atoms. The summed E-state index contributed by atoms with van der Waals surface area (Å²) >= 11 is 0. The van der Waals surface area contributed by atoms with Gasteiger partial charge in [-0.15, -0.1) is 0 Å². The molecule has 0 saturated heterocycles. The minimum Gasteiger partial charge on any atom is -0.398 e. The molecule has 1 heterocycles. The molecule has 2 aromatic rings. The van der Waals surface area contributed by atoms with E-state index < -0.39 is 10.0 Å². The van der Waals surface area contributed by atoms with E-state index in [-0.39, 0.29) is 11.4 Å². The van der Waals surface area contributed by atoms with E-state index in [1.54, 1.807) is 24.4 Å². The third kappa shape index (κ3) is 3.31. The van der Waals surface area contributed by atoms with Crippen molar-refractivity contribution in [1.29, 1.82) is 0 Å². The van der Waals surface area contributed by atoms with E-state index in [0.717, 1.165) is 12.0 Å². The van der Waals surface area contributed by atoms with Crippen molar-refractivity contribution in [3.05, 3.63) is 48.0 Å². The molecule has 6 nitrogen and oxygen atoms in total. The lowest BCUT2D eigenvalue weighted by Crippen LogP contribution is -2.24. The average molecular weight is 292 g/mol. The molecule has 0 unspecified atom stereocenters. The number of hydrogen-bond donors (Lipinski definition) is 2. The molecular weight excluding hydrogens is 276 g/mol. The van der Waals surface area contributed by atoms with Crippen LogP contribution >= 0.6 is 0 Å². The van der Waals surface area contributed by atoms with E-state index >= 15 is 0 Å². The first-order valence-electron chi connectivity index (χ1n) is 6.16. The summed E-state index contributed by atoms with van der Waals surface area (Å²) in [6.07, 6.45) is 3.70. The Bertz CT molecular complexity index is 687. The SMILES string of the molecule is CCc1ccc(S(=O)(=O)NCc2ccncn2)cc1N. The van der Waals surface area contributed by atoms with Gasteiger partial charge in [0.05, 0.1) is 17.1 Å². The molecule has 0 radical (unpaired) electrons. The maximum absolute atomic E-state index is 12.1. The molecule has 0 amide bonds. The van der Waals surface area contributed by atoms with Gasteiger partial charge < -0.3 is 5.73 Å². The summed E-state index contributed by atoms with van der Waals surface area (Å²) in [6, 6.07) is 6.41. The van der Waals surface area contributed by atoms with E-state index in [9.17, 15) is 8.42 Å². The second-order valence-electron chi connectivity index (χ2n) is 4.24. The van der Waals surface area contributed by atoms with Crippen LogP contribution in [0.15, 0.2) is 41.7 Å². The molecule has 1 aromatic heterocycles. The Morgan fingerprint density at radius 2 is 2.10 bits per heavy atom. The van der Waals surface area contributed by atoms with Crippen LogP contribution in [0.5, 0.6) is 0 Å². The standard InChI is InChI=1S/C13H16N4O2S/c1-2-10-3-4-12(7-13(10)14)20(18,19)17-8-11-5-6-15-9-16-11/h3-7,9,17H,2,8,14H2,1H3. The third-order valence-electron chi connectivity index (χ3n) is 2.90. The smallest absolute Gasteiger partial charge is 0.240 e. The number of benzene rings is 1. The van der Waals surface area contributed by atoms with Gasteiger partial charge in [0, 0.05) is 11.9 Å². The molecular formula is C13H16N4O2S.